The van der Waals surface area contributed by atoms with Crippen molar-refractivity contribution >= 4 is 5.71 Å². The molecular formula is C20H33NO. The fourth-order valence-corrected chi connectivity index (χ4v) is 6.33. The first-order valence-electron chi connectivity index (χ1n) is 9.23. The third-order valence-corrected chi connectivity index (χ3v) is 7.54. The third-order valence-electron chi connectivity index (χ3n) is 7.54. The minimum absolute atomic E-state index is 0.446. The highest BCUT2D eigenvalue weighted by Gasteiger charge is 2.70. The summed E-state index contributed by atoms with van der Waals surface area (Å²) in [6.45, 7) is 12.4. The number of allylic oxidation sites excluding steroid dienone is 2. The molecule has 0 saturated heterocycles. The van der Waals surface area contributed by atoms with Crippen molar-refractivity contribution in [1.82, 2.24) is 0 Å². The van der Waals surface area contributed by atoms with E-state index in [0.717, 1.165) is 18.1 Å². The highest BCUT2D eigenvalue weighted by Crippen LogP contribution is 2.78. The van der Waals surface area contributed by atoms with Gasteiger partial charge >= 0.3 is 0 Å². The molecule has 2 heteroatoms. The van der Waals surface area contributed by atoms with E-state index < -0.39 is 0 Å². The molecule has 0 aromatic rings. The fourth-order valence-electron chi connectivity index (χ4n) is 6.33. The SMILES string of the molecule is CCCO/N=C(C)/C=C(\C)[C@@]12CCC[C@@]3(C)[C@@H]1CC[C@@]3(C)C2. The Kier molecular flexibility index (Phi) is 3.94. The number of hydrogen-bond donors (Lipinski definition) is 0. The van der Waals surface area contributed by atoms with Crippen LogP contribution in [0.1, 0.15) is 79.6 Å². The minimum Gasteiger partial charge on any atom is -0.396 e. The van der Waals surface area contributed by atoms with Crippen LogP contribution in [0.4, 0.5) is 0 Å². The van der Waals surface area contributed by atoms with Crippen molar-refractivity contribution in [1.29, 1.82) is 0 Å². The average Bonchev–Trinajstić information content (AvgIpc) is 2.77. The van der Waals surface area contributed by atoms with Crippen LogP contribution in [0.15, 0.2) is 16.8 Å². The second-order valence-electron chi connectivity index (χ2n) is 8.65. The fraction of sp³-hybridized carbons (Fsp3) is 0.850. The van der Waals surface area contributed by atoms with Crippen molar-refractivity contribution in [3.63, 3.8) is 0 Å². The molecule has 0 amide bonds. The Labute approximate surface area is 136 Å². The molecule has 22 heavy (non-hydrogen) atoms. The van der Waals surface area contributed by atoms with Gasteiger partial charge in [-0.3, -0.25) is 0 Å². The summed E-state index contributed by atoms with van der Waals surface area (Å²) in [6.07, 6.45) is 11.8. The molecule has 4 bridgehead atoms. The lowest BCUT2D eigenvalue weighted by molar-refractivity contribution is 0.0724. The zero-order valence-electron chi connectivity index (χ0n) is 15.2. The van der Waals surface area contributed by atoms with Crippen molar-refractivity contribution in [3.05, 3.63) is 11.6 Å². The van der Waals surface area contributed by atoms with Gasteiger partial charge in [-0.25, -0.2) is 0 Å². The van der Waals surface area contributed by atoms with Crippen LogP contribution >= 0.6 is 0 Å². The molecule has 124 valence electrons. The van der Waals surface area contributed by atoms with E-state index in [1.807, 2.05) is 0 Å². The van der Waals surface area contributed by atoms with Gasteiger partial charge in [0.25, 0.3) is 0 Å². The van der Waals surface area contributed by atoms with Gasteiger partial charge in [-0.15, -0.1) is 0 Å². The van der Waals surface area contributed by atoms with E-state index >= 15 is 0 Å². The highest BCUT2D eigenvalue weighted by molar-refractivity contribution is 5.93. The van der Waals surface area contributed by atoms with E-state index in [1.54, 1.807) is 5.57 Å². The topological polar surface area (TPSA) is 21.6 Å². The van der Waals surface area contributed by atoms with E-state index in [-0.39, 0.29) is 0 Å². The molecule has 3 rings (SSSR count). The Morgan fingerprint density at radius 1 is 1.23 bits per heavy atom. The lowest BCUT2D eigenvalue weighted by Crippen LogP contribution is -2.37. The molecule has 0 radical (unpaired) electrons. The molecule has 0 aliphatic heterocycles. The normalized spacial score (nSPS) is 44.5. The van der Waals surface area contributed by atoms with Gasteiger partial charge in [0.1, 0.15) is 6.61 Å². The van der Waals surface area contributed by atoms with Crippen LogP contribution in [-0.4, -0.2) is 12.3 Å². The van der Waals surface area contributed by atoms with Crippen LogP contribution in [0.25, 0.3) is 0 Å². The Morgan fingerprint density at radius 2 is 2.00 bits per heavy atom. The maximum atomic E-state index is 5.35. The second kappa shape index (κ2) is 5.39. The molecular weight excluding hydrogens is 270 g/mol. The molecule has 0 aromatic heterocycles. The van der Waals surface area contributed by atoms with Crippen molar-refractivity contribution in [3.8, 4) is 0 Å². The van der Waals surface area contributed by atoms with Crippen LogP contribution in [0.3, 0.4) is 0 Å². The predicted octanol–water partition coefficient (Wildman–Crippen LogP) is 5.73. The number of nitrogens with zero attached hydrogens (tertiary/aromatic N) is 1. The summed E-state index contributed by atoms with van der Waals surface area (Å²) >= 11 is 0. The minimum atomic E-state index is 0.446. The van der Waals surface area contributed by atoms with E-state index in [9.17, 15) is 0 Å². The van der Waals surface area contributed by atoms with Gasteiger partial charge < -0.3 is 4.84 Å². The Morgan fingerprint density at radius 3 is 2.73 bits per heavy atom. The van der Waals surface area contributed by atoms with Gasteiger partial charge in [-0.05, 0) is 80.6 Å². The smallest absolute Gasteiger partial charge is 0.116 e. The number of rotatable bonds is 5. The number of hydrogen-bond acceptors (Lipinski definition) is 2. The lowest BCUT2D eigenvalue weighted by Gasteiger charge is -2.46. The van der Waals surface area contributed by atoms with Crippen LogP contribution in [-0.2, 0) is 4.84 Å². The van der Waals surface area contributed by atoms with E-state index in [2.05, 4.69) is 45.9 Å². The van der Waals surface area contributed by atoms with Crippen molar-refractivity contribution in [2.45, 2.75) is 79.6 Å². The molecule has 3 fully saturated rings. The Bertz CT molecular complexity index is 508. The van der Waals surface area contributed by atoms with Crippen LogP contribution in [0.2, 0.25) is 0 Å². The zero-order valence-corrected chi connectivity index (χ0v) is 15.2. The molecule has 3 saturated carbocycles. The monoisotopic (exact) mass is 303 g/mol. The highest BCUT2D eigenvalue weighted by atomic mass is 16.6. The van der Waals surface area contributed by atoms with E-state index in [0.29, 0.717) is 22.9 Å². The largest absolute Gasteiger partial charge is 0.396 e. The summed E-state index contributed by atoms with van der Waals surface area (Å²) in [4.78, 5) is 5.35. The summed E-state index contributed by atoms with van der Waals surface area (Å²) in [5.41, 5.74) is 4.17. The maximum Gasteiger partial charge on any atom is 0.116 e. The number of oxime groups is 1. The van der Waals surface area contributed by atoms with Crippen molar-refractivity contribution < 1.29 is 4.84 Å². The van der Waals surface area contributed by atoms with E-state index in [4.69, 9.17) is 4.84 Å². The molecule has 0 heterocycles. The molecule has 4 atom stereocenters. The Hall–Kier alpha value is -0.790. The molecule has 0 aromatic carbocycles. The molecule has 3 aliphatic rings. The summed E-state index contributed by atoms with van der Waals surface area (Å²) in [5.74, 6) is 0.888. The predicted molar refractivity (Wildman–Crippen MR) is 92.9 cm³/mol. The quantitative estimate of drug-likeness (QED) is 0.361. The maximum absolute atomic E-state index is 5.35. The van der Waals surface area contributed by atoms with Crippen LogP contribution in [0.5, 0.6) is 0 Å². The lowest BCUT2D eigenvalue weighted by atomic mass is 9.59. The van der Waals surface area contributed by atoms with Crippen molar-refractivity contribution in [2.75, 3.05) is 6.61 Å². The van der Waals surface area contributed by atoms with Crippen LogP contribution < -0.4 is 0 Å². The molecule has 0 unspecified atom stereocenters. The first-order chi connectivity index (χ1) is 10.4. The standard InChI is InChI=1S/C20H33NO/c1-6-12-22-21-16(3)13-15(2)20-10-7-9-19(5)17(20)8-11-18(19,4)14-20/h13,17H,6-12,14H2,1-5H3/b15-13+,21-16+/t17-,18-,19-,20-/m0/s1. The zero-order chi connectivity index (χ0) is 16.0. The van der Waals surface area contributed by atoms with Crippen molar-refractivity contribution in [2.24, 2.45) is 27.3 Å². The van der Waals surface area contributed by atoms with Gasteiger partial charge in [-0.1, -0.05) is 37.9 Å². The van der Waals surface area contributed by atoms with Gasteiger partial charge in [0, 0.05) is 0 Å². The van der Waals surface area contributed by atoms with Gasteiger partial charge in [0.2, 0.25) is 0 Å². The summed E-state index contributed by atoms with van der Waals surface area (Å²) in [6, 6.07) is 0. The summed E-state index contributed by atoms with van der Waals surface area (Å²) in [5, 5.41) is 4.26. The summed E-state index contributed by atoms with van der Waals surface area (Å²) < 4.78 is 0. The summed E-state index contributed by atoms with van der Waals surface area (Å²) in [7, 11) is 0. The third kappa shape index (κ3) is 2.09. The average molecular weight is 303 g/mol. The first kappa shape index (κ1) is 16.1. The van der Waals surface area contributed by atoms with Crippen LogP contribution in [0, 0.1) is 22.2 Å². The molecule has 0 spiro atoms. The van der Waals surface area contributed by atoms with Gasteiger partial charge in [0.05, 0.1) is 5.71 Å². The molecule has 0 N–H and O–H groups in total. The second-order valence-corrected chi connectivity index (χ2v) is 8.65. The molecule has 3 aliphatic carbocycles. The van der Waals surface area contributed by atoms with E-state index in [1.165, 1.54) is 38.5 Å². The van der Waals surface area contributed by atoms with Gasteiger partial charge in [-0.2, -0.15) is 0 Å². The Balaban J connectivity index is 1.86. The molecule has 2 nitrogen and oxygen atoms in total. The first-order valence-corrected chi connectivity index (χ1v) is 9.23. The van der Waals surface area contributed by atoms with Gasteiger partial charge in [0.15, 0.2) is 0 Å².